The second kappa shape index (κ2) is 2.42. The number of fused-ring (bicyclic) bond motifs is 1. The van der Waals surface area contributed by atoms with Gasteiger partial charge in [-0.3, -0.25) is 4.90 Å². The van der Waals surface area contributed by atoms with Gasteiger partial charge in [-0.1, -0.05) is 0 Å². The second-order valence-corrected chi connectivity index (χ2v) is 3.21. The van der Waals surface area contributed by atoms with Crippen molar-refractivity contribution in [2.75, 3.05) is 19.6 Å². The molecule has 11 heavy (non-hydrogen) atoms. The van der Waals surface area contributed by atoms with Crippen LogP contribution in [0.5, 0.6) is 0 Å². The number of alkyl halides is 1. The fraction of sp³-hybridized carbons (Fsp3) is 1.00. The van der Waals surface area contributed by atoms with E-state index in [4.69, 9.17) is 5.48 Å². The Balaban J connectivity index is 2.39. The lowest BCUT2D eigenvalue weighted by molar-refractivity contribution is 0.0996. The van der Waals surface area contributed by atoms with Crippen LogP contribution >= 0.6 is 0 Å². The molecule has 0 amide bonds. The number of aliphatic hydroxyl groups is 1. The van der Waals surface area contributed by atoms with Gasteiger partial charge in [0.15, 0.2) is 0 Å². The highest BCUT2D eigenvalue weighted by molar-refractivity contribution is 5.03. The fourth-order valence-electron chi connectivity index (χ4n) is 1.93. The average molecular weight is 163 g/mol. The third-order valence-electron chi connectivity index (χ3n) is 2.51. The first-order valence-electron chi connectivity index (χ1n) is 5.83. The molecule has 0 radical (unpaired) electrons. The molecule has 2 aliphatic heterocycles. The van der Waals surface area contributed by atoms with E-state index in [0.29, 0.717) is 0 Å². The zero-order valence-electron chi connectivity index (χ0n) is 10.2. The number of nitrogens with zero attached hydrogens (tertiary/aromatic N) is 1. The minimum atomic E-state index is -2.56. The number of halogens is 1. The molecule has 2 atom stereocenters. The molecule has 2 fully saturated rings. The summed E-state index contributed by atoms with van der Waals surface area (Å²) in [5.74, 6) is 0. The largest absolute Gasteiger partial charge is 0.394 e. The van der Waals surface area contributed by atoms with Crippen molar-refractivity contribution in [1.29, 1.82) is 0 Å². The van der Waals surface area contributed by atoms with Gasteiger partial charge in [-0.25, -0.2) is 4.39 Å². The summed E-state index contributed by atoms with van der Waals surface area (Å²) in [7, 11) is 0. The lowest BCUT2D eigenvalue weighted by atomic mass is 9.95. The number of rotatable bonds is 1. The number of hydrogen-bond acceptors (Lipinski definition) is 2. The van der Waals surface area contributed by atoms with E-state index < -0.39 is 24.8 Å². The van der Waals surface area contributed by atoms with Crippen LogP contribution in [0.2, 0.25) is 0 Å². The lowest BCUT2D eigenvalue weighted by Crippen LogP contribution is -2.41. The van der Waals surface area contributed by atoms with Crippen molar-refractivity contribution in [3.63, 3.8) is 0 Å². The first-order chi connectivity index (χ1) is 6.69. The predicted octanol–water partition coefficient (Wildman–Crippen LogP) is 0.555. The molecule has 2 rings (SSSR count). The van der Waals surface area contributed by atoms with E-state index in [0.717, 1.165) is 4.90 Å². The SMILES string of the molecule is [2H]C1([2H])CC[C@]2(C([2H])([2H])O)C[C@H](F)CN12. The van der Waals surface area contributed by atoms with E-state index in [1.54, 1.807) is 0 Å². The molecule has 2 saturated heterocycles. The normalized spacial score (nSPS) is 56.0. The van der Waals surface area contributed by atoms with Gasteiger partial charge in [-0.2, -0.15) is 0 Å². The summed E-state index contributed by atoms with van der Waals surface area (Å²) in [5.41, 5.74) is -1.38. The van der Waals surface area contributed by atoms with Crippen molar-refractivity contribution >= 4 is 0 Å². The van der Waals surface area contributed by atoms with Gasteiger partial charge >= 0.3 is 0 Å². The van der Waals surface area contributed by atoms with Crippen LogP contribution in [0.4, 0.5) is 4.39 Å². The summed E-state index contributed by atoms with van der Waals surface area (Å²) in [5, 5.41) is 9.49. The molecule has 0 saturated carbocycles. The van der Waals surface area contributed by atoms with Crippen molar-refractivity contribution in [3.8, 4) is 0 Å². The average Bonchev–Trinajstić information content (AvgIpc) is 2.49. The minimum Gasteiger partial charge on any atom is -0.394 e. The molecule has 0 aromatic carbocycles. The number of hydrogen-bond donors (Lipinski definition) is 1. The van der Waals surface area contributed by atoms with E-state index >= 15 is 0 Å². The Morgan fingerprint density at radius 3 is 3.36 bits per heavy atom. The molecule has 2 heterocycles. The summed E-state index contributed by atoms with van der Waals surface area (Å²) in [4.78, 5) is 1.16. The van der Waals surface area contributed by atoms with Crippen molar-refractivity contribution in [2.24, 2.45) is 0 Å². The Labute approximate surface area is 71.6 Å². The summed E-state index contributed by atoms with van der Waals surface area (Å²) in [6.07, 6.45) is -1.10. The van der Waals surface area contributed by atoms with E-state index in [1.807, 2.05) is 0 Å². The smallest absolute Gasteiger partial charge is 0.115 e. The summed E-state index contributed by atoms with van der Waals surface area (Å²) >= 11 is 0. The molecular weight excluding hydrogens is 145 g/mol. The molecule has 3 heteroatoms. The van der Waals surface area contributed by atoms with E-state index in [-0.39, 0.29) is 25.8 Å². The van der Waals surface area contributed by atoms with Crippen LogP contribution in [0.15, 0.2) is 0 Å². The van der Waals surface area contributed by atoms with Crippen LogP contribution in [0.1, 0.15) is 24.7 Å². The first kappa shape index (κ1) is 4.19. The molecule has 2 nitrogen and oxygen atoms in total. The van der Waals surface area contributed by atoms with E-state index in [1.165, 1.54) is 0 Å². The van der Waals surface area contributed by atoms with Crippen LogP contribution < -0.4 is 0 Å². The van der Waals surface area contributed by atoms with Crippen molar-refractivity contribution in [1.82, 2.24) is 4.90 Å². The van der Waals surface area contributed by atoms with Gasteiger partial charge in [0, 0.05) is 21.2 Å². The molecule has 0 aliphatic carbocycles. The maximum atomic E-state index is 13.3. The molecule has 64 valence electrons. The molecule has 2 aliphatic rings. The summed E-state index contributed by atoms with van der Waals surface area (Å²) < 4.78 is 43.3. The molecule has 0 aromatic rings. The van der Waals surface area contributed by atoms with Crippen LogP contribution in [-0.2, 0) is 0 Å². The molecule has 0 unspecified atom stereocenters. The van der Waals surface area contributed by atoms with Gasteiger partial charge in [0.1, 0.15) is 6.17 Å². The van der Waals surface area contributed by atoms with Crippen LogP contribution in [0.25, 0.3) is 0 Å². The van der Waals surface area contributed by atoms with Crippen molar-refractivity contribution in [2.45, 2.75) is 31.0 Å². The Hall–Kier alpha value is -0.150. The Bertz CT molecular complexity index is 282. The maximum absolute atomic E-state index is 13.3. The zero-order chi connectivity index (χ0) is 11.5. The molecule has 0 bridgehead atoms. The third-order valence-corrected chi connectivity index (χ3v) is 2.51. The van der Waals surface area contributed by atoms with Gasteiger partial charge in [-0.15, -0.1) is 0 Å². The fourth-order valence-corrected chi connectivity index (χ4v) is 1.93. The molecular formula is C8H14FNO. The predicted molar refractivity (Wildman–Crippen MR) is 40.1 cm³/mol. The highest BCUT2D eigenvalue weighted by Gasteiger charge is 2.47. The molecule has 0 aromatic heterocycles. The van der Waals surface area contributed by atoms with Gasteiger partial charge in [0.05, 0.1) is 9.30 Å². The van der Waals surface area contributed by atoms with E-state index in [9.17, 15) is 9.50 Å². The van der Waals surface area contributed by atoms with Gasteiger partial charge < -0.3 is 5.11 Å². The Morgan fingerprint density at radius 1 is 1.91 bits per heavy atom. The minimum absolute atomic E-state index is 0.129. The third kappa shape index (κ3) is 0.983. The van der Waals surface area contributed by atoms with Crippen LogP contribution in [0, 0.1) is 0 Å². The van der Waals surface area contributed by atoms with Crippen LogP contribution in [0.3, 0.4) is 0 Å². The second-order valence-electron chi connectivity index (χ2n) is 3.21. The zero-order valence-corrected chi connectivity index (χ0v) is 6.18. The van der Waals surface area contributed by atoms with Crippen molar-refractivity contribution in [3.05, 3.63) is 0 Å². The topological polar surface area (TPSA) is 23.5 Å². The standard InChI is InChI=1S/C8H14FNO/c9-7-4-8(6-11)2-1-3-10(8)5-7/h7,11H,1-6H2/t7-,8+/m0/s1/i3D2,6D2. The Morgan fingerprint density at radius 2 is 2.73 bits per heavy atom. The van der Waals surface area contributed by atoms with Gasteiger partial charge in [0.25, 0.3) is 0 Å². The maximum Gasteiger partial charge on any atom is 0.115 e. The summed E-state index contributed by atoms with van der Waals surface area (Å²) in [6, 6.07) is 0. The monoisotopic (exact) mass is 163 g/mol. The summed E-state index contributed by atoms with van der Waals surface area (Å²) in [6.45, 7) is -4.40. The van der Waals surface area contributed by atoms with E-state index in [2.05, 4.69) is 0 Å². The highest BCUT2D eigenvalue weighted by Crippen LogP contribution is 2.39. The quantitative estimate of drug-likeness (QED) is 0.610. The molecule has 1 N–H and O–H groups in total. The Kier molecular flexibility index (Phi) is 0.922. The van der Waals surface area contributed by atoms with Crippen LogP contribution in [-0.4, -0.2) is 41.3 Å². The lowest BCUT2D eigenvalue weighted by Gasteiger charge is -2.28. The van der Waals surface area contributed by atoms with Gasteiger partial charge in [0.2, 0.25) is 0 Å². The highest BCUT2D eigenvalue weighted by atomic mass is 19.1. The van der Waals surface area contributed by atoms with Crippen molar-refractivity contribution < 1.29 is 15.0 Å². The molecule has 0 spiro atoms. The van der Waals surface area contributed by atoms with Gasteiger partial charge in [-0.05, 0) is 19.3 Å². The first-order valence-corrected chi connectivity index (χ1v) is 3.83.